The summed E-state index contributed by atoms with van der Waals surface area (Å²) in [5, 5.41) is 0. The number of ether oxygens (including phenoxy) is 8. The fourth-order valence-electron chi connectivity index (χ4n) is 3.88. The minimum atomic E-state index is -0.393. The van der Waals surface area contributed by atoms with E-state index in [4.69, 9.17) is 37.9 Å². The first-order chi connectivity index (χ1) is 13.8. The van der Waals surface area contributed by atoms with E-state index in [0.717, 1.165) is 11.5 Å². The fraction of sp³-hybridized carbons (Fsp3) is 0.400. The monoisotopic (exact) mass is 386 g/mol. The summed E-state index contributed by atoms with van der Waals surface area (Å²) in [6, 6.07) is 11.0. The molecule has 28 heavy (non-hydrogen) atoms. The second kappa shape index (κ2) is 6.35. The number of fused-ring (bicyclic) bond motifs is 3. The van der Waals surface area contributed by atoms with Gasteiger partial charge in [0.2, 0.25) is 26.2 Å². The molecule has 0 spiro atoms. The molecule has 0 saturated carbocycles. The van der Waals surface area contributed by atoms with E-state index in [1.165, 1.54) is 0 Å². The Morgan fingerprint density at radius 1 is 0.607 bits per heavy atom. The van der Waals surface area contributed by atoms with Crippen LogP contribution >= 0.6 is 0 Å². The lowest BCUT2D eigenvalue weighted by atomic mass is 9.98. The van der Waals surface area contributed by atoms with Crippen molar-refractivity contribution in [2.45, 2.75) is 12.6 Å². The molecule has 0 aromatic heterocycles. The lowest BCUT2D eigenvalue weighted by molar-refractivity contribution is -0.106. The number of hydrogen-bond donors (Lipinski definition) is 0. The third-order valence-electron chi connectivity index (χ3n) is 5.35. The van der Waals surface area contributed by atoms with Gasteiger partial charge in [-0.05, 0) is 24.3 Å². The first kappa shape index (κ1) is 16.1. The highest BCUT2D eigenvalue weighted by Crippen LogP contribution is 2.42. The van der Waals surface area contributed by atoms with Gasteiger partial charge < -0.3 is 37.9 Å². The van der Waals surface area contributed by atoms with E-state index >= 15 is 0 Å². The molecule has 2 saturated heterocycles. The lowest BCUT2D eigenvalue weighted by Crippen LogP contribution is -2.28. The van der Waals surface area contributed by atoms with Crippen molar-refractivity contribution in [2.24, 2.45) is 11.8 Å². The minimum absolute atomic E-state index is 0.0874. The zero-order valence-electron chi connectivity index (χ0n) is 14.9. The van der Waals surface area contributed by atoms with Crippen LogP contribution in [-0.4, -0.2) is 39.4 Å². The third kappa shape index (κ3) is 2.68. The Labute approximate surface area is 160 Å². The van der Waals surface area contributed by atoms with Crippen LogP contribution in [0, 0.1) is 11.8 Å². The van der Waals surface area contributed by atoms with E-state index in [1.807, 2.05) is 36.4 Å². The predicted octanol–water partition coefficient (Wildman–Crippen LogP) is 2.55. The molecule has 0 aliphatic carbocycles. The summed E-state index contributed by atoms with van der Waals surface area (Å²) < 4.78 is 45.3. The van der Waals surface area contributed by atoms with Gasteiger partial charge in [-0.25, -0.2) is 0 Å². The highest BCUT2D eigenvalue weighted by atomic mass is 16.7. The molecule has 4 atom stereocenters. The van der Waals surface area contributed by atoms with Gasteiger partial charge in [-0.15, -0.1) is 0 Å². The highest BCUT2D eigenvalue weighted by molar-refractivity contribution is 5.47. The zero-order chi connectivity index (χ0) is 18.5. The summed E-state index contributed by atoms with van der Waals surface area (Å²) in [7, 11) is 0. The van der Waals surface area contributed by atoms with E-state index in [9.17, 15) is 0 Å². The van der Waals surface area contributed by atoms with Gasteiger partial charge in [-0.3, -0.25) is 0 Å². The predicted molar refractivity (Wildman–Crippen MR) is 92.8 cm³/mol. The van der Waals surface area contributed by atoms with E-state index in [2.05, 4.69) is 0 Å². The molecule has 0 N–H and O–H groups in total. The molecule has 0 unspecified atom stereocenters. The largest absolute Gasteiger partial charge is 0.464 e. The maximum Gasteiger partial charge on any atom is 0.231 e. The molecule has 4 aliphatic heterocycles. The van der Waals surface area contributed by atoms with Crippen molar-refractivity contribution in [3.63, 3.8) is 0 Å². The smallest absolute Gasteiger partial charge is 0.231 e. The molecule has 4 aliphatic rings. The SMILES string of the molecule is c1cc2c(cc1O[C@H]1OC[C@@H]3[C@@H](Oc4ccc5c(c4)OCO5)OC[C@H]13)OCO2. The Morgan fingerprint density at radius 3 is 1.57 bits per heavy atom. The zero-order valence-corrected chi connectivity index (χ0v) is 14.9. The molecule has 2 fully saturated rings. The van der Waals surface area contributed by atoms with Gasteiger partial charge in [-0.2, -0.15) is 0 Å². The maximum atomic E-state index is 6.04. The number of hydrogen-bond acceptors (Lipinski definition) is 8. The van der Waals surface area contributed by atoms with E-state index in [-0.39, 0.29) is 25.4 Å². The van der Waals surface area contributed by atoms with Crippen molar-refractivity contribution >= 4 is 0 Å². The number of benzene rings is 2. The molecule has 2 aromatic rings. The Kier molecular flexibility index (Phi) is 3.66. The Morgan fingerprint density at radius 2 is 1.07 bits per heavy atom. The molecular formula is C20H18O8. The topological polar surface area (TPSA) is 73.8 Å². The van der Waals surface area contributed by atoms with E-state index in [1.54, 1.807) is 0 Å². The van der Waals surface area contributed by atoms with Gasteiger partial charge >= 0.3 is 0 Å². The standard InChI is InChI=1S/C20H18O8/c1-3-15-17(25-9-23-15)5-11(1)27-19-13-7-22-20(14(13)8-21-19)28-12-2-4-16-18(6-12)26-10-24-16/h1-6,13-14,19-20H,7-10H2/t13-,14-,19+,20+/m0/s1. The van der Waals surface area contributed by atoms with Gasteiger partial charge in [0.25, 0.3) is 0 Å². The Balaban J connectivity index is 1.13. The van der Waals surface area contributed by atoms with Crippen molar-refractivity contribution < 1.29 is 37.9 Å². The Hall–Kier alpha value is -2.84. The Bertz CT molecular complexity index is 826. The number of rotatable bonds is 4. The van der Waals surface area contributed by atoms with Crippen molar-refractivity contribution in [3.8, 4) is 34.5 Å². The van der Waals surface area contributed by atoms with Crippen LogP contribution in [-0.2, 0) is 9.47 Å². The summed E-state index contributed by atoms with van der Waals surface area (Å²) in [4.78, 5) is 0. The average Bonchev–Trinajstić information content (AvgIpc) is 3.47. The first-order valence-electron chi connectivity index (χ1n) is 9.19. The molecule has 0 bridgehead atoms. The van der Waals surface area contributed by atoms with Crippen LogP contribution in [0.4, 0.5) is 0 Å². The van der Waals surface area contributed by atoms with Gasteiger partial charge in [0.1, 0.15) is 11.5 Å². The lowest BCUT2D eigenvalue weighted by Gasteiger charge is -2.18. The van der Waals surface area contributed by atoms with Crippen molar-refractivity contribution in [1.29, 1.82) is 0 Å². The molecule has 8 nitrogen and oxygen atoms in total. The summed E-state index contributed by atoms with van der Waals surface area (Å²) in [5.41, 5.74) is 0. The summed E-state index contributed by atoms with van der Waals surface area (Å²) in [6.45, 7) is 1.48. The van der Waals surface area contributed by atoms with Crippen LogP contribution in [0.1, 0.15) is 0 Å². The summed E-state index contributed by atoms with van der Waals surface area (Å²) in [6.07, 6.45) is -0.786. The van der Waals surface area contributed by atoms with Crippen LogP contribution in [0.25, 0.3) is 0 Å². The van der Waals surface area contributed by atoms with Gasteiger partial charge in [-0.1, -0.05) is 0 Å². The van der Waals surface area contributed by atoms with Crippen LogP contribution < -0.4 is 28.4 Å². The van der Waals surface area contributed by atoms with E-state index < -0.39 is 12.6 Å². The van der Waals surface area contributed by atoms with Crippen molar-refractivity contribution in [2.75, 3.05) is 26.8 Å². The maximum absolute atomic E-state index is 6.04. The van der Waals surface area contributed by atoms with Gasteiger partial charge in [0.05, 0.1) is 25.0 Å². The van der Waals surface area contributed by atoms with E-state index in [0.29, 0.717) is 36.2 Å². The molecule has 0 amide bonds. The average molecular weight is 386 g/mol. The molecular weight excluding hydrogens is 368 g/mol. The van der Waals surface area contributed by atoms with Gasteiger partial charge in [0, 0.05) is 12.1 Å². The quantitative estimate of drug-likeness (QED) is 0.794. The normalized spacial score (nSPS) is 29.0. The molecule has 6 rings (SSSR count). The molecule has 2 aromatic carbocycles. The second-order valence-corrected chi connectivity index (χ2v) is 7.00. The molecule has 146 valence electrons. The van der Waals surface area contributed by atoms with Gasteiger partial charge in [0.15, 0.2) is 23.0 Å². The van der Waals surface area contributed by atoms with Crippen LogP contribution in [0.5, 0.6) is 34.5 Å². The van der Waals surface area contributed by atoms with Crippen molar-refractivity contribution in [1.82, 2.24) is 0 Å². The third-order valence-corrected chi connectivity index (χ3v) is 5.35. The minimum Gasteiger partial charge on any atom is -0.464 e. The summed E-state index contributed by atoms with van der Waals surface area (Å²) >= 11 is 0. The highest BCUT2D eigenvalue weighted by Gasteiger charge is 2.50. The van der Waals surface area contributed by atoms with Crippen LogP contribution in [0.15, 0.2) is 36.4 Å². The second-order valence-electron chi connectivity index (χ2n) is 7.00. The molecule has 4 heterocycles. The molecule has 8 heteroatoms. The van der Waals surface area contributed by atoms with Crippen LogP contribution in [0.3, 0.4) is 0 Å². The summed E-state index contributed by atoms with van der Waals surface area (Å²) in [5.74, 6) is 4.33. The first-order valence-corrected chi connectivity index (χ1v) is 9.19. The van der Waals surface area contributed by atoms with Crippen molar-refractivity contribution in [3.05, 3.63) is 36.4 Å². The van der Waals surface area contributed by atoms with Crippen LogP contribution in [0.2, 0.25) is 0 Å². The fourth-order valence-corrected chi connectivity index (χ4v) is 3.88. The molecule has 0 radical (unpaired) electrons.